The molecular formula is C19H19F3N2O4S. The number of carbonyl (C=O) groups excluding carboxylic acids is 1. The highest BCUT2D eigenvalue weighted by Gasteiger charge is 2.32. The molecule has 156 valence electrons. The third-order valence-electron chi connectivity index (χ3n) is 4.48. The van der Waals surface area contributed by atoms with Gasteiger partial charge in [-0.15, -0.1) is 13.2 Å². The molecular weight excluding hydrogens is 409 g/mol. The van der Waals surface area contributed by atoms with E-state index in [0.717, 1.165) is 29.8 Å². The van der Waals surface area contributed by atoms with Crippen molar-refractivity contribution in [3.63, 3.8) is 0 Å². The van der Waals surface area contributed by atoms with E-state index < -0.39 is 22.1 Å². The van der Waals surface area contributed by atoms with Gasteiger partial charge in [0.25, 0.3) is 0 Å². The summed E-state index contributed by atoms with van der Waals surface area (Å²) in [6, 6.07) is 13.3. The number of hydrogen-bond donors (Lipinski definition) is 0. The third-order valence-corrected chi connectivity index (χ3v) is 6.40. The van der Waals surface area contributed by atoms with Gasteiger partial charge in [-0.1, -0.05) is 30.3 Å². The standard InChI is InChI=1S/C19H19F3N2O4S/c20-19(21,22)28-16-6-8-17(9-7-16)29(26,27)24-12-10-23(11-13-24)18(25)14-15-4-2-1-3-5-15/h1-9H,10-14H2. The van der Waals surface area contributed by atoms with Crippen LogP contribution in [0.25, 0.3) is 0 Å². The summed E-state index contributed by atoms with van der Waals surface area (Å²) in [5.74, 6) is -0.574. The fourth-order valence-corrected chi connectivity index (χ4v) is 4.44. The van der Waals surface area contributed by atoms with Crippen molar-refractivity contribution < 1.29 is 31.1 Å². The highest BCUT2D eigenvalue weighted by Crippen LogP contribution is 2.25. The Bertz CT molecular complexity index is 940. The molecule has 29 heavy (non-hydrogen) atoms. The second-order valence-corrected chi connectivity index (χ2v) is 8.40. The van der Waals surface area contributed by atoms with Crippen LogP contribution < -0.4 is 4.74 Å². The molecule has 0 radical (unpaired) electrons. The van der Waals surface area contributed by atoms with E-state index in [0.29, 0.717) is 0 Å². The zero-order chi connectivity index (χ0) is 21.1. The summed E-state index contributed by atoms with van der Waals surface area (Å²) in [7, 11) is -3.87. The Hall–Kier alpha value is -2.59. The fourth-order valence-electron chi connectivity index (χ4n) is 3.02. The molecule has 2 aromatic rings. The second kappa shape index (κ2) is 8.42. The maximum atomic E-state index is 12.7. The highest BCUT2D eigenvalue weighted by molar-refractivity contribution is 7.89. The van der Waals surface area contributed by atoms with Gasteiger partial charge < -0.3 is 9.64 Å². The minimum Gasteiger partial charge on any atom is -0.406 e. The van der Waals surface area contributed by atoms with Crippen LogP contribution in [0, 0.1) is 0 Å². The number of hydrogen-bond acceptors (Lipinski definition) is 4. The van der Waals surface area contributed by atoms with Gasteiger partial charge in [0.1, 0.15) is 5.75 Å². The first kappa shape index (κ1) is 21.1. The maximum absolute atomic E-state index is 12.7. The van der Waals surface area contributed by atoms with E-state index in [1.54, 1.807) is 4.90 Å². The number of carbonyl (C=O) groups is 1. The molecule has 1 aliphatic rings. The number of amides is 1. The number of ether oxygens (including phenoxy) is 1. The molecule has 1 saturated heterocycles. The monoisotopic (exact) mass is 428 g/mol. The van der Waals surface area contributed by atoms with Crippen molar-refractivity contribution >= 4 is 15.9 Å². The number of piperazine rings is 1. The van der Waals surface area contributed by atoms with E-state index >= 15 is 0 Å². The second-order valence-electron chi connectivity index (χ2n) is 6.47. The van der Waals surface area contributed by atoms with Crippen molar-refractivity contribution in [3.8, 4) is 5.75 Å². The lowest BCUT2D eigenvalue weighted by Crippen LogP contribution is -2.50. The Morgan fingerprint density at radius 1 is 0.931 bits per heavy atom. The Labute approximate surface area is 166 Å². The summed E-state index contributed by atoms with van der Waals surface area (Å²) in [6.45, 7) is 0.730. The van der Waals surface area contributed by atoms with Crippen LogP contribution in [-0.2, 0) is 21.2 Å². The van der Waals surface area contributed by atoms with E-state index in [1.165, 1.54) is 4.31 Å². The van der Waals surface area contributed by atoms with Crippen LogP contribution in [0.5, 0.6) is 5.75 Å². The van der Waals surface area contributed by atoms with Gasteiger partial charge in [-0.05, 0) is 29.8 Å². The van der Waals surface area contributed by atoms with Crippen molar-refractivity contribution in [3.05, 3.63) is 60.2 Å². The van der Waals surface area contributed by atoms with Gasteiger partial charge in [-0.3, -0.25) is 4.79 Å². The molecule has 0 unspecified atom stereocenters. The summed E-state index contributed by atoms with van der Waals surface area (Å²) < 4.78 is 67.1. The molecule has 10 heteroatoms. The predicted molar refractivity (Wildman–Crippen MR) is 98.6 cm³/mol. The van der Waals surface area contributed by atoms with Gasteiger partial charge in [-0.2, -0.15) is 4.31 Å². The van der Waals surface area contributed by atoms with Crippen LogP contribution in [0.15, 0.2) is 59.5 Å². The van der Waals surface area contributed by atoms with E-state index in [-0.39, 0.29) is 43.4 Å². The molecule has 3 rings (SSSR count). The van der Waals surface area contributed by atoms with Gasteiger partial charge in [0.2, 0.25) is 15.9 Å². The highest BCUT2D eigenvalue weighted by atomic mass is 32.2. The van der Waals surface area contributed by atoms with Gasteiger partial charge in [0, 0.05) is 26.2 Å². The topological polar surface area (TPSA) is 66.9 Å². The van der Waals surface area contributed by atoms with Gasteiger partial charge in [0.15, 0.2) is 0 Å². The quantitative estimate of drug-likeness (QED) is 0.735. The predicted octanol–water partition coefficient (Wildman–Crippen LogP) is 2.66. The zero-order valence-corrected chi connectivity index (χ0v) is 16.1. The number of halogens is 3. The Morgan fingerprint density at radius 2 is 1.52 bits per heavy atom. The molecule has 6 nitrogen and oxygen atoms in total. The lowest BCUT2D eigenvalue weighted by atomic mass is 10.1. The Balaban J connectivity index is 1.60. The molecule has 0 atom stereocenters. The van der Waals surface area contributed by atoms with Crippen LogP contribution >= 0.6 is 0 Å². The SMILES string of the molecule is O=C(Cc1ccccc1)N1CCN(S(=O)(=O)c2ccc(OC(F)(F)F)cc2)CC1. The Morgan fingerprint density at radius 3 is 2.07 bits per heavy atom. The molecule has 0 spiro atoms. The normalized spacial score (nSPS) is 15.9. The number of alkyl halides is 3. The van der Waals surface area contributed by atoms with Crippen LogP contribution in [0.1, 0.15) is 5.56 Å². The smallest absolute Gasteiger partial charge is 0.406 e. The fraction of sp³-hybridized carbons (Fsp3) is 0.316. The van der Waals surface area contributed by atoms with Crippen molar-refractivity contribution in [1.29, 1.82) is 0 Å². The van der Waals surface area contributed by atoms with Gasteiger partial charge in [-0.25, -0.2) is 8.42 Å². The van der Waals surface area contributed by atoms with Gasteiger partial charge in [0.05, 0.1) is 11.3 Å². The zero-order valence-electron chi connectivity index (χ0n) is 15.3. The van der Waals surface area contributed by atoms with Crippen molar-refractivity contribution in [2.75, 3.05) is 26.2 Å². The van der Waals surface area contributed by atoms with E-state index in [1.807, 2.05) is 30.3 Å². The molecule has 1 heterocycles. The van der Waals surface area contributed by atoms with Crippen LogP contribution in [0.2, 0.25) is 0 Å². The first-order valence-electron chi connectivity index (χ1n) is 8.83. The first-order chi connectivity index (χ1) is 13.6. The number of benzene rings is 2. The van der Waals surface area contributed by atoms with Crippen molar-refractivity contribution in [2.45, 2.75) is 17.7 Å². The number of nitrogens with zero attached hydrogens (tertiary/aromatic N) is 2. The van der Waals surface area contributed by atoms with Crippen LogP contribution in [0.4, 0.5) is 13.2 Å². The number of sulfonamides is 1. The minimum atomic E-state index is -4.84. The largest absolute Gasteiger partial charge is 0.573 e. The van der Waals surface area contributed by atoms with E-state index in [4.69, 9.17) is 0 Å². The Kier molecular flexibility index (Phi) is 6.13. The minimum absolute atomic E-state index is 0.0816. The molecule has 0 bridgehead atoms. The molecule has 0 aromatic heterocycles. The summed E-state index contributed by atoms with van der Waals surface area (Å²) in [5.41, 5.74) is 0.883. The molecule has 1 fully saturated rings. The summed E-state index contributed by atoms with van der Waals surface area (Å²) in [5, 5.41) is 0. The third kappa shape index (κ3) is 5.48. The molecule has 2 aromatic carbocycles. The lowest BCUT2D eigenvalue weighted by molar-refractivity contribution is -0.274. The lowest BCUT2D eigenvalue weighted by Gasteiger charge is -2.34. The van der Waals surface area contributed by atoms with E-state index in [2.05, 4.69) is 4.74 Å². The van der Waals surface area contributed by atoms with Gasteiger partial charge >= 0.3 is 6.36 Å². The summed E-state index contributed by atoms with van der Waals surface area (Å²) in [6.07, 6.45) is -4.60. The van der Waals surface area contributed by atoms with Crippen molar-refractivity contribution in [2.24, 2.45) is 0 Å². The molecule has 0 saturated carbocycles. The maximum Gasteiger partial charge on any atom is 0.573 e. The van der Waals surface area contributed by atoms with E-state index in [9.17, 15) is 26.4 Å². The first-order valence-corrected chi connectivity index (χ1v) is 10.3. The average molecular weight is 428 g/mol. The van der Waals surface area contributed by atoms with Crippen LogP contribution in [0.3, 0.4) is 0 Å². The summed E-state index contributed by atoms with van der Waals surface area (Å²) >= 11 is 0. The van der Waals surface area contributed by atoms with Crippen molar-refractivity contribution in [1.82, 2.24) is 9.21 Å². The van der Waals surface area contributed by atoms with Crippen LogP contribution in [-0.4, -0.2) is 56.1 Å². The molecule has 1 aliphatic heterocycles. The molecule has 1 amide bonds. The molecule has 0 aliphatic carbocycles. The average Bonchev–Trinajstić information content (AvgIpc) is 2.68. The summed E-state index contributed by atoms with van der Waals surface area (Å²) in [4.78, 5) is 13.9. The number of rotatable bonds is 5. The molecule has 0 N–H and O–H groups in total.